The van der Waals surface area contributed by atoms with Crippen molar-refractivity contribution in [3.05, 3.63) is 78.1 Å². The molecule has 3 heterocycles. The minimum atomic E-state index is -1.10. The molecule has 0 radical (unpaired) electrons. The molecule has 6 N–H and O–H groups in total. The number of aromatic nitrogens is 4. The molecule has 4 unspecified atom stereocenters. The van der Waals surface area contributed by atoms with Crippen molar-refractivity contribution in [3.8, 4) is 0 Å². The largest absolute Gasteiger partial charge is 0.388 e. The average molecular weight is 585 g/mol. The Morgan fingerprint density at radius 1 is 1.00 bits per heavy atom. The van der Waals surface area contributed by atoms with Crippen LogP contribution in [0.5, 0.6) is 0 Å². The summed E-state index contributed by atoms with van der Waals surface area (Å²) < 4.78 is 1.82. The van der Waals surface area contributed by atoms with Crippen LogP contribution in [0.3, 0.4) is 0 Å². The maximum Gasteiger partial charge on any atom is 0.229 e. The smallest absolute Gasteiger partial charge is 0.229 e. The molecule has 11 nitrogen and oxygen atoms in total. The lowest BCUT2D eigenvalue weighted by atomic mass is 9.91. The van der Waals surface area contributed by atoms with Crippen molar-refractivity contribution in [2.75, 3.05) is 29.9 Å². The standard InChI is InChI=1S/C32H40N8O3/c1-2-26(41)36-24-17-25(29(43)28(24)42)40-19-35-27-30(37-32(38-31(27)40)39-15-13-22(33)14-16-39)34-18-23(20-9-5-3-6-10-20)21-11-7-4-8-12-21/h3-12,19,22-25,28-29,42-43H,2,13-18,33H2,1H3,(H,36,41)(H,34,37,38). The number of hydrogen-bond acceptors (Lipinski definition) is 9. The van der Waals surface area contributed by atoms with Gasteiger partial charge in [-0.25, -0.2) is 4.98 Å². The monoisotopic (exact) mass is 584 g/mol. The second-order valence-electron chi connectivity index (χ2n) is 11.6. The number of imidazole rings is 1. The normalized spacial score (nSPS) is 22.8. The van der Waals surface area contributed by atoms with Crippen molar-refractivity contribution in [1.82, 2.24) is 24.8 Å². The number of nitrogens with one attached hydrogen (secondary N) is 2. The summed E-state index contributed by atoms with van der Waals surface area (Å²) in [6.45, 7) is 3.82. The molecule has 4 aromatic rings. The van der Waals surface area contributed by atoms with E-state index in [0.717, 1.165) is 25.9 Å². The number of nitrogens with two attached hydrogens (primary N) is 1. The van der Waals surface area contributed by atoms with Crippen molar-refractivity contribution in [2.24, 2.45) is 5.73 Å². The zero-order chi connectivity index (χ0) is 29.9. The first-order valence-electron chi connectivity index (χ1n) is 15.2. The summed E-state index contributed by atoms with van der Waals surface area (Å²) in [6.07, 6.45) is 1.80. The molecule has 1 saturated carbocycles. The summed E-state index contributed by atoms with van der Waals surface area (Å²) >= 11 is 0. The van der Waals surface area contributed by atoms with E-state index in [1.54, 1.807) is 13.3 Å². The van der Waals surface area contributed by atoms with E-state index in [1.807, 2.05) is 41.0 Å². The van der Waals surface area contributed by atoms with E-state index in [9.17, 15) is 15.0 Å². The van der Waals surface area contributed by atoms with Crippen molar-refractivity contribution >= 4 is 28.8 Å². The first-order chi connectivity index (χ1) is 20.9. The van der Waals surface area contributed by atoms with Gasteiger partial charge in [0, 0.05) is 38.0 Å². The van der Waals surface area contributed by atoms with Gasteiger partial charge in [-0.2, -0.15) is 9.97 Å². The van der Waals surface area contributed by atoms with Gasteiger partial charge in [-0.1, -0.05) is 67.6 Å². The van der Waals surface area contributed by atoms with Gasteiger partial charge in [0.15, 0.2) is 17.0 Å². The van der Waals surface area contributed by atoms with E-state index in [-0.39, 0.29) is 17.9 Å². The number of benzene rings is 2. The molecule has 0 spiro atoms. The Hall–Kier alpha value is -4.06. The maximum absolute atomic E-state index is 12.1. The molecule has 1 aliphatic carbocycles. The number of carbonyl (C=O) groups excluding carboxylic acids is 1. The molecule has 1 saturated heterocycles. The Morgan fingerprint density at radius 3 is 2.28 bits per heavy atom. The van der Waals surface area contributed by atoms with Crippen LogP contribution < -0.4 is 21.3 Å². The first kappa shape index (κ1) is 29.0. The van der Waals surface area contributed by atoms with Gasteiger partial charge in [-0.15, -0.1) is 0 Å². The third-order valence-corrected chi connectivity index (χ3v) is 8.79. The summed E-state index contributed by atoms with van der Waals surface area (Å²) in [5.41, 5.74) is 9.71. The van der Waals surface area contributed by atoms with Crippen LogP contribution in [0.4, 0.5) is 11.8 Å². The Kier molecular flexibility index (Phi) is 8.55. The number of piperidine rings is 1. The highest BCUT2D eigenvalue weighted by atomic mass is 16.3. The average Bonchev–Trinajstić information content (AvgIpc) is 3.58. The van der Waals surface area contributed by atoms with Crippen LogP contribution in [0.25, 0.3) is 11.2 Å². The Bertz CT molecular complexity index is 1480. The lowest BCUT2D eigenvalue weighted by molar-refractivity contribution is -0.122. The number of fused-ring (bicyclic) bond motifs is 1. The van der Waals surface area contributed by atoms with E-state index in [1.165, 1.54) is 11.1 Å². The van der Waals surface area contributed by atoms with Gasteiger partial charge < -0.3 is 36.0 Å². The van der Waals surface area contributed by atoms with Crippen LogP contribution in [-0.2, 0) is 4.79 Å². The second-order valence-corrected chi connectivity index (χ2v) is 11.6. The SMILES string of the molecule is CCC(=O)NC1CC(n2cnc3c(NCC(c4ccccc4)c4ccccc4)nc(N4CCC(N)CC4)nc32)C(O)C1O. The number of anilines is 2. The fourth-order valence-corrected chi connectivity index (χ4v) is 6.25. The molecule has 226 valence electrons. The quantitative estimate of drug-likeness (QED) is 0.200. The fourth-order valence-electron chi connectivity index (χ4n) is 6.25. The second kappa shape index (κ2) is 12.7. The molecule has 2 aromatic carbocycles. The molecule has 6 rings (SSSR count). The molecule has 11 heteroatoms. The lowest BCUT2D eigenvalue weighted by Gasteiger charge is -2.30. The molecule has 4 atom stereocenters. The number of hydrogen-bond donors (Lipinski definition) is 5. The van der Waals surface area contributed by atoms with Gasteiger partial charge in [-0.05, 0) is 30.4 Å². The fraction of sp³-hybridized carbons (Fsp3) is 0.438. The summed E-state index contributed by atoms with van der Waals surface area (Å²) in [4.78, 5) is 28.8. The van der Waals surface area contributed by atoms with E-state index in [2.05, 4.69) is 39.8 Å². The van der Waals surface area contributed by atoms with E-state index in [0.29, 0.717) is 42.3 Å². The van der Waals surface area contributed by atoms with Crippen LogP contribution in [0.2, 0.25) is 0 Å². The molecule has 2 fully saturated rings. The Morgan fingerprint density at radius 2 is 1.65 bits per heavy atom. The zero-order valence-corrected chi connectivity index (χ0v) is 24.4. The van der Waals surface area contributed by atoms with Crippen molar-refractivity contribution in [2.45, 2.75) is 68.9 Å². The van der Waals surface area contributed by atoms with Gasteiger partial charge >= 0.3 is 0 Å². The lowest BCUT2D eigenvalue weighted by Crippen LogP contribution is -2.42. The highest BCUT2D eigenvalue weighted by Gasteiger charge is 2.43. The maximum atomic E-state index is 12.1. The van der Waals surface area contributed by atoms with Gasteiger partial charge in [0.25, 0.3) is 0 Å². The molecular weight excluding hydrogens is 544 g/mol. The van der Waals surface area contributed by atoms with Crippen LogP contribution in [0.15, 0.2) is 67.0 Å². The summed E-state index contributed by atoms with van der Waals surface area (Å²) in [5, 5.41) is 28.3. The summed E-state index contributed by atoms with van der Waals surface area (Å²) in [7, 11) is 0. The molecule has 2 aliphatic rings. The Labute approximate surface area is 251 Å². The predicted molar refractivity (Wildman–Crippen MR) is 166 cm³/mol. The van der Waals surface area contributed by atoms with Gasteiger partial charge in [0.2, 0.25) is 11.9 Å². The van der Waals surface area contributed by atoms with Crippen molar-refractivity contribution < 1.29 is 15.0 Å². The number of carbonyl (C=O) groups is 1. The Balaban J connectivity index is 1.36. The molecule has 2 aromatic heterocycles. The van der Waals surface area contributed by atoms with Gasteiger partial charge in [-0.3, -0.25) is 4.79 Å². The van der Waals surface area contributed by atoms with Crippen LogP contribution in [-0.4, -0.2) is 79.6 Å². The number of nitrogens with zero attached hydrogens (tertiary/aromatic N) is 5. The van der Waals surface area contributed by atoms with Crippen LogP contribution >= 0.6 is 0 Å². The van der Waals surface area contributed by atoms with Crippen LogP contribution in [0.1, 0.15) is 55.7 Å². The first-order valence-corrected chi connectivity index (χ1v) is 15.2. The molecule has 0 bridgehead atoms. The molecule has 1 amide bonds. The minimum Gasteiger partial charge on any atom is -0.388 e. The van der Waals surface area contributed by atoms with Gasteiger partial charge in [0.05, 0.1) is 18.4 Å². The highest BCUT2D eigenvalue weighted by molar-refractivity contribution is 5.84. The molecule has 1 aliphatic heterocycles. The molecule has 43 heavy (non-hydrogen) atoms. The zero-order valence-electron chi connectivity index (χ0n) is 24.4. The van der Waals surface area contributed by atoms with Gasteiger partial charge in [0.1, 0.15) is 12.2 Å². The highest BCUT2D eigenvalue weighted by Crippen LogP contribution is 2.35. The van der Waals surface area contributed by atoms with E-state index in [4.69, 9.17) is 20.7 Å². The predicted octanol–water partition coefficient (Wildman–Crippen LogP) is 2.56. The summed E-state index contributed by atoms with van der Waals surface area (Å²) in [5.74, 6) is 1.08. The number of amides is 1. The number of aliphatic hydroxyl groups excluding tert-OH is 2. The number of aliphatic hydroxyl groups is 2. The van der Waals surface area contributed by atoms with E-state index < -0.39 is 24.3 Å². The van der Waals surface area contributed by atoms with Crippen molar-refractivity contribution in [3.63, 3.8) is 0 Å². The molecular formula is C32H40N8O3. The van der Waals surface area contributed by atoms with Crippen LogP contribution in [0, 0.1) is 0 Å². The number of rotatable bonds is 9. The third kappa shape index (κ3) is 6.06. The summed E-state index contributed by atoms with van der Waals surface area (Å²) in [6, 6.07) is 19.8. The third-order valence-electron chi connectivity index (χ3n) is 8.79. The van der Waals surface area contributed by atoms with E-state index >= 15 is 0 Å². The van der Waals surface area contributed by atoms with Crippen molar-refractivity contribution in [1.29, 1.82) is 0 Å². The minimum absolute atomic E-state index is 0.0701. The topological polar surface area (TPSA) is 154 Å².